The van der Waals surface area contributed by atoms with E-state index < -0.39 is 5.92 Å². The summed E-state index contributed by atoms with van der Waals surface area (Å²) in [5, 5.41) is 11.0. The third-order valence-electron chi connectivity index (χ3n) is 4.36. The maximum absolute atomic E-state index is 12.8. The molecule has 0 fully saturated rings. The molecule has 0 spiro atoms. The van der Waals surface area contributed by atoms with Gasteiger partial charge in [-0.05, 0) is 29.8 Å². The van der Waals surface area contributed by atoms with Crippen molar-refractivity contribution in [1.29, 1.82) is 5.26 Å². The van der Waals surface area contributed by atoms with Crippen LogP contribution in [0.3, 0.4) is 0 Å². The van der Waals surface area contributed by atoms with Crippen molar-refractivity contribution in [3.63, 3.8) is 0 Å². The van der Waals surface area contributed by atoms with Crippen LogP contribution in [0.5, 0.6) is 5.75 Å². The number of hydrogen-bond acceptors (Lipinski definition) is 4. The van der Waals surface area contributed by atoms with E-state index in [-0.39, 0.29) is 17.0 Å². The Morgan fingerprint density at radius 1 is 1.15 bits per heavy atom. The molecule has 0 bridgehead atoms. The number of benzene rings is 2. The summed E-state index contributed by atoms with van der Waals surface area (Å²) in [5.41, 5.74) is 7.37. The van der Waals surface area contributed by atoms with Gasteiger partial charge in [0.1, 0.15) is 17.4 Å². The fourth-order valence-corrected chi connectivity index (χ4v) is 3.50. The van der Waals surface area contributed by atoms with Crippen molar-refractivity contribution < 1.29 is 4.74 Å². The first-order chi connectivity index (χ1) is 12.5. The highest BCUT2D eigenvalue weighted by atomic mass is 35.5. The minimum Gasteiger partial charge on any atom is -0.439 e. The number of halogens is 2. The lowest BCUT2D eigenvalue weighted by Crippen LogP contribution is -2.27. The molecule has 4 rings (SSSR count). The Morgan fingerprint density at radius 3 is 2.65 bits per heavy atom. The molecule has 1 aliphatic heterocycles. The van der Waals surface area contributed by atoms with E-state index in [4.69, 9.17) is 33.7 Å². The molecule has 2 heterocycles. The molecule has 3 aromatic rings. The van der Waals surface area contributed by atoms with Crippen LogP contribution < -0.4 is 16.0 Å². The van der Waals surface area contributed by atoms with Gasteiger partial charge in [0.15, 0.2) is 0 Å². The first-order valence-corrected chi connectivity index (χ1v) is 8.44. The quantitative estimate of drug-likeness (QED) is 0.662. The summed E-state index contributed by atoms with van der Waals surface area (Å²) in [6.45, 7) is 0. The van der Waals surface area contributed by atoms with Crippen LogP contribution in [0.15, 0.2) is 58.7 Å². The Kier molecular flexibility index (Phi) is 3.87. The van der Waals surface area contributed by atoms with Gasteiger partial charge in [0.25, 0.3) is 5.56 Å². The fraction of sp³-hybridized carbons (Fsp3) is 0.0526. The Labute approximate surface area is 158 Å². The molecule has 2 aromatic carbocycles. The third kappa shape index (κ3) is 2.43. The Balaban J connectivity index is 2.08. The number of nitrogens with two attached hydrogens (primary N) is 1. The molecule has 0 aliphatic carbocycles. The molecule has 26 heavy (non-hydrogen) atoms. The second-order valence-corrected chi connectivity index (χ2v) is 6.66. The zero-order chi connectivity index (χ0) is 18.4. The van der Waals surface area contributed by atoms with Crippen molar-refractivity contribution in [2.75, 3.05) is 0 Å². The van der Waals surface area contributed by atoms with Crippen LogP contribution in [-0.4, -0.2) is 4.98 Å². The second-order valence-electron chi connectivity index (χ2n) is 5.84. The molecular weight excluding hydrogens is 373 g/mol. The number of nitrogens with zero attached hydrogens (tertiary/aromatic N) is 1. The number of para-hydroxylation sites is 1. The largest absolute Gasteiger partial charge is 0.439 e. The number of nitrogens with one attached hydrogen (secondary N) is 1. The van der Waals surface area contributed by atoms with E-state index in [1.807, 2.05) is 18.2 Å². The maximum atomic E-state index is 12.8. The van der Waals surface area contributed by atoms with E-state index in [1.165, 1.54) is 0 Å². The summed E-state index contributed by atoms with van der Waals surface area (Å²) < 4.78 is 5.69. The van der Waals surface area contributed by atoms with Gasteiger partial charge in [0.05, 0.1) is 27.0 Å². The highest BCUT2D eigenvalue weighted by Crippen LogP contribution is 2.43. The molecule has 0 unspecified atom stereocenters. The van der Waals surface area contributed by atoms with Gasteiger partial charge in [0.2, 0.25) is 5.88 Å². The van der Waals surface area contributed by atoms with Gasteiger partial charge in [-0.15, -0.1) is 0 Å². The number of pyridine rings is 1. The molecule has 0 amide bonds. The van der Waals surface area contributed by atoms with Gasteiger partial charge in [-0.2, -0.15) is 5.26 Å². The maximum Gasteiger partial charge on any atom is 0.256 e. The SMILES string of the molecule is N#CC1=C(N)Oc2c(c(=O)[nH]c3ccccc23)[C@@H]1c1ccc(Cl)c(Cl)c1. The van der Waals surface area contributed by atoms with Crippen LogP contribution in [0.4, 0.5) is 0 Å². The lowest BCUT2D eigenvalue weighted by atomic mass is 9.83. The lowest BCUT2D eigenvalue weighted by Gasteiger charge is -2.26. The minimum absolute atomic E-state index is 0.0353. The topological polar surface area (TPSA) is 91.9 Å². The molecule has 0 saturated carbocycles. The monoisotopic (exact) mass is 383 g/mol. The number of H-pyrrole nitrogens is 1. The van der Waals surface area contributed by atoms with Crippen LogP contribution in [-0.2, 0) is 0 Å². The standard InChI is InChI=1S/C19H11Cl2N3O2/c20-12-6-5-9(7-13(12)21)15-11(8-22)18(23)26-17-10-3-1-2-4-14(10)24-19(25)16(15)17/h1-7,15H,23H2,(H,24,25)/t15-/m1/s1. The van der Waals surface area contributed by atoms with Crippen LogP contribution in [0.25, 0.3) is 10.9 Å². The van der Waals surface area contributed by atoms with Crippen LogP contribution in [0.2, 0.25) is 10.0 Å². The zero-order valence-corrected chi connectivity index (χ0v) is 14.7. The van der Waals surface area contributed by atoms with E-state index in [0.29, 0.717) is 37.8 Å². The minimum atomic E-state index is -0.702. The third-order valence-corrected chi connectivity index (χ3v) is 5.10. The average Bonchev–Trinajstić information content (AvgIpc) is 2.63. The van der Waals surface area contributed by atoms with Crippen LogP contribution >= 0.6 is 23.2 Å². The Morgan fingerprint density at radius 2 is 1.92 bits per heavy atom. The van der Waals surface area contributed by atoms with E-state index >= 15 is 0 Å². The molecule has 5 nitrogen and oxygen atoms in total. The van der Waals surface area contributed by atoms with Crippen LogP contribution in [0.1, 0.15) is 17.0 Å². The fourth-order valence-electron chi connectivity index (χ4n) is 3.20. The van der Waals surface area contributed by atoms with Crippen molar-refractivity contribution in [3.05, 3.63) is 85.4 Å². The van der Waals surface area contributed by atoms with Gasteiger partial charge >= 0.3 is 0 Å². The summed E-state index contributed by atoms with van der Waals surface area (Å²) >= 11 is 12.1. The first-order valence-electron chi connectivity index (χ1n) is 7.68. The van der Waals surface area contributed by atoms with Gasteiger partial charge in [-0.1, -0.05) is 41.4 Å². The summed E-state index contributed by atoms with van der Waals surface area (Å²) in [7, 11) is 0. The molecule has 1 atom stereocenters. The number of aromatic amines is 1. The number of aromatic nitrogens is 1. The zero-order valence-electron chi connectivity index (χ0n) is 13.2. The van der Waals surface area contributed by atoms with Crippen molar-refractivity contribution >= 4 is 34.1 Å². The lowest BCUT2D eigenvalue weighted by molar-refractivity contribution is 0.397. The van der Waals surface area contributed by atoms with Gasteiger partial charge in [-0.3, -0.25) is 4.79 Å². The molecule has 1 aromatic heterocycles. The predicted octanol–water partition coefficient (Wildman–Crippen LogP) is 4.05. The number of hydrogen-bond donors (Lipinski definition) is 2. The molecule has 1 aliphatic rings. The number of allylic oxidation sites excluding steroid dienone is 1. The Hall–Kier alpha value is -2.94. The average molecular weight is 384 g/mol. The number of rotatable bonds is 1. The van der Waals surface area contributed by atoms with Crippen molar-refractivity contribution in [3.8, 4) is 11.8 Å². The normalized spacial score (nSPS) is 16.1. The Bertz CT molecular complexity index is 1190. The number of nitriles is 1. The van der Waals surface area contributed by atoms with Crippen molar-refractivity contribution in [2.45, 2.75) is 5.92 Å². The van der Waals surface area contributed by atoms with E-state index in [0.717, 1.165) is 0 Å². The summed E-state index contributed by atoms with van der Waals surface area (Å²) in [6.07, 6.45) is 0. The van der Waals surface area contributed by atoms with E-state index in [2.05, 4.69) is 11.1 Å². The molecule has 7 heteroatoms. The van der Waals surface area contributed by atoms with Crippen LogP contribution in [0, 0.1) is 11.3 Å². The van der Waals surface area contributed by atoms with Gasteiger partial charge in [-0.25, -0.2) is 0 Å². The molecule has 128 valence electrons. The number of ether oxygens (including phenoxy) is 1. The molecular formula is C19H11Cl2N3O2. The smallest absolute Gasteiger partial charge is 0.256 e. The first kappa shape index (κ1) is 16.5. The van der Waals surface area contributed by atoms with Crippen molar-refractivity contribution in [1.82, 2.24) is 4.98 Å². The van der Waals surface area contributed by atoms with Gasteiger partial charge < -0.3 is 15.5 Å². The van der Waals surface area contributed by atoms with E-state index in [1.54, 1.807) is 24.3 Å². The summed E-state index contributed by atoms with van der Waals surface area (Å²) in [4.78, 5) is 15.6. The predicted molar refractivity (Wildman–Crippen MR) is 100 cm³/mol. The van der Waals surface area contributed by atoms with Crippen molar-refractivity contribution in [2.24, 2.45) is 5.73 Å². The highest BCUT2D eigenvalue weighted by molar-refractivity contribution is 6.42. The highest BCUT2D eigenvalue weighted by Gasteiger charge is 2.34. The molecule has 0 saturated heterocycles. The summed E-state index contributed by atoms with van der Waals surface area (Å²) in [5.74, 6) is -0.393. The summed E-state index contributed by atoms with van der Waals surface area (Å²) in [6, 6.07) is 14.2. The van der Waals surface area contributed by atoms with E-state index in [9.17, 15) is 10.1 Å². The van der Waals surface area contributed by atoms with Gasteiger partial charge in [0, 0.05) is 5.39 Å². The number of fused-ring (bicyclic) bond motifs is 3. The second kappa shape index (κ2) is 6.10. The molecule has 3 N–H and O–H groups in total. The molecule has 0 radical (unpaired) electrons.